The Kier molecular flexibility index (Phi) is 7.21. The van der Waals surface area contributed by atoms with Gasteiger partial charge in [0, 0.05) is 45.0 Å². The summed E-state index contributed by atoms with van der Waals surface area (Å²) < 4.78 is 2.33. The van der Waals surface area contributed by atoms with Gasteiger partial charge in [0.25, 0.3) is 0 Å². The summed E-state index contributed by atoms with van der Waals surface area (Å²) in [5.74, 6) is 0.745. The van der Waals surface area contributed by atoms with E-state index in [1.165, 1.54) is 60.4 Å². The fraction of sp³-hybridized carbons (Fsp3) is 0.122. The van der Waals surface area contributed by atoms with Crippen molar-refractivity contribution in [2.75, 3.05) is 5.32 Å². The zero-order valence-electron chi connectivity index (χ0n) is 29.1. The lowest BCUT2D eigenvalue weighted by Gasteiger charge is -2.31. The molecule has 3 heteroatoms. The van der Waals surface area contributed by atoms with Crippen LogP contribution >= 0.6 is 0 Å². The summed E-state index contributed by atoms with van der Waals surface area (Å²) in [4.78, 5) is 0. The second-order valence-electron chi connectivity index (χ2n) is 14.5. The van der Waals surface area contributed by atoms with Gasteiger partial charge in [-0.2, -0.15) is 0 Å². The van der Waals surface area contributed by atoms with E-state index in [0.717, 1.165) is 59.6 Å². The van der Waals surface area contributed by atoms with Crippen LogP contribution in [0.3, 0.4) is 0 Å². The molecule has 2 N–H and O–H groups in total. The molecule has 0 spiro atoms. The Morgan fingerprint density at radius 3 is 1.85 bits per heavy atom. The number of nitrogens with one attached hydrogen (secondary N) is 2. The first-order valence-corrected chi connectivity index (χ1v) is 18.5. The summed E-state index contributed by atoms with van der Waals surface area (Å²) in [6, 6.07) is 54.5. The predicted molar refractivity (Wildman–Crippen MR) is 220 cm³/mol. The highest BCUT2D eigenvalue weighted by molar-refractivity contribution is 6.16. The van der Waals surface area contributed by atoms with E-state index >= 15 is 0 Å². The van der Waals surface area contributed by atoms with Crippen molar-refractivity contribution in [3.63, 3.8) is 0 Å². The molecule has 7 aromatic carbocycles. The molecule has 250 valence electrons. The minimum atomic E-state index is 0.235. The van der Waals surface area contributed by atoms with Gasteiger partial charge >= 0.3 is 0 Å². The predicted octanol–water partition coefficient (Wildman–Crippen LogP) is 13.0. The Morgan fingerprint density at radius 2 is 1.13 bits per heavy atom. The van der Waals surface area contributed by atoms with Crippen molar-refractivity contribution in [2.45, 2.75) is 31.6 Å². The van der Waals surface area contributed by atoms with Crippen LogP contribution < -0.4 is 5.32 Å². The molecule has 1 fully saturated rings. The van der Waals surface area contributed by atoms with E-state index < -0.39 is 0 Å². The lowest BCUT2D eigenvalue weighted by Crippen LogP contribution is -2.22. The summed E-state index contributed by atoms with van der Waals surface area (Å²) in [7, 11) is 0. The number of aromatic nitrogens is 1. The zero-order chi connectivity index (χ0) is 34.8. The lowest BCUT2D eigenvalue weighted by atomic mass is 9.74. The highest BCUT2D eigenvalue weighted by atomic mass is 15.0. The van der Waals surface area contributed by atoms with E-state index in [-0.39, 0.29) is 5.92 Å². The van der Waals surface area contributed by atoms with Gasteiger partial charge in [0.05, 0.1) is 11.0 Å². The molecule has 10 rings (SSSR count). The van der Waals surface area contributed by atoms with Gasteiger partial charge in [-0.15, -0.1) is 0 Å². The van der Waals surface area contributed by atoms with Gasteiger partial charge < -0.3 is 15.3 Å². The van der Waals surface area contributed by atoms with Crippen molar-refractivity contribution >= 4 is 49.7 Å². The van der Waals surface area contributed by atoms with Crippen LogP contribution in [0.15, 0.2) is 158 Å². The van der Waals surface area contributed by atoms with E-state index in [9.17, 15) is 5.41 Å². The standard InChI is InChI=1S/C49H39N3/c1-31(32-25-27-35(28-26-32)52-46-19-8-5-13-39(46)40-14-6-9-20-47(40)52)51-45-18-7-4-15-44(45)49(50)34-23-21-33(22-24-34)36-29-30-43-38-12-3-2-11-37(38)42-17-10-16-41(36)48(42)43/h2-20,25-30,33-34,50-51H,1,21-24H2. The first-order valence-electron chi connectivity index (χ1n) is 18.5. The molecule has 0 radical (unpaired) electrons. The second-order valence-corrected chi connectivity index (χ2v) is 14.5. The van der Waals surface area contributed by atoms with Crippen molar-refractivity contribution in [3.05, 3.63) is 175 Å². The number of fused-ring (bicyclic) bond motifs is 6. The van der Waals surface area contributed by atoms with Crippen LogP contribution in [0.4, 0.5) is 5.69 Å². The SMILES string of the molecule is C=C(Nc1ccccc1C(=N)C1CCC(c2ccc3c4c(cccc24)-c2ccccc2-3)CC1)c1ccc(-n2c3ccccc3c3ccccc32)cc1. The van der Waals surface area contributed by atoms with Crippen molar-refractivity contribution in [2.24, 2.45) is 5.92 Å². The van der Waals surface area contributed by atoms with Crippen molar-refractivity contribution < 1.29 is 0 Å². The van der Waals surface area contributed by atoms with Crippen LogP contribution in [0.25, 0.3) is 66.2 Å². The number of anilines is 1. The maximum absolute atomic E-state index is 9.42. The molecule has 1 saturated carbocycles. The molecular weight excluding hydrogens is 631 g/mol. The van der Waals surface area contributed by atoms with Crippen LogP contribution in [-0.4, -0.2) is 10.3 Å². The number of hydrogen-bond donors (Lipinski definition) is 2. The molecule has 0 bridgehead atoms. The number of benzene rings is 7. The van der Waals surface area contributed by atoms with E-state index in [4.69, 9.17) is 0 Å². The quantitative estimate of drug-likeness (QED) is 0.163. The monoisotopic (exact) mass is 669 g/mol. The third-order valence-electron chi connectivity index (χ3n) is 11.7. The minimum absolute atomic E-state index is 0.235. The molecule has 1 aromatic heterocycles. The summed E-state index contributed by atoms with van der Waals surface area (Å²) >= 11 is 0. The fourth-order valence-electron chi connectivity index (χ4n) is 9.17. The first-order chi connectivity index (χ1) is 25.6. The summed E-state index contributed by atoms with van der Waals surface area (Å²) in [5, 5.41) is 18.4. The number of hydrogen-bond acceptors (Lipinski definition) is 2. The van der Waals surface area contributed by atoms with Crippen molar-refractivity contribution in [1.82, 2.24) is 4.57 Å². The Morgan fingerprint density at radius 1 is 0.558 bits per heavy atom. The Labute approximate surface area is 304 Å². The molecule has 1 heterocycles. The molecule has 0 unspecified atom stereocenters. The van der Waals surface area contributed by atoms with Crippen molar-refractivity contribution in [1.29, 1.82) is 5.41 Å². The molecule has 2 aliphatic rings. The van der Waals surface area contributed by atoms with Gasteiger partial charge in [-0.05, 0) is 106 Å². The van der Waals surface area contributed by atoms with Gasteiger partial charge in [-0.25, -0.2) is 0 Å². The van der Waals surface area contributed by atoms with Gasteiger partial charge in [0.1, 0.15) is 0 Å². The molecule has 2 aliphatic carbocycles. The topological polar surface area (TPSA) is 40.8 Å². The molecule has 0 saturated heterocycles. The zero-order valence-corrected chi connectivity index (χ0v) is 29.1. The maximum atomic E-state index is 9.42. The molecule has 0 amide bonds. The summed E-state index contributed by atoms with van der Waals surface area (Å²) in [6.07, 6.45) is 4.23. The van der Waals surface area contributed by atoms with Crippen LogP contribution in [-0.2, 0) is 0 Å². The summed E-state index contributed by atoms with van der Waals surface area (Å²) in [5.41, 5.74) is 14.9. The molecular formula is C49H39N3. The summed E-state index contributed by atoms with van der Waals surface area (Å²) in [6.45, 7) is 4.44. The number of nitrogens with zero attached hydrogens (tertiary/aromatic N) is 1. The van der Waals surface area contributed by atoms with E-state index in [1.807, 2.05) is 6.07 Å². The molecule has 52 heavy (non-hydrogen) atoms. The Balaban J connectivity index is 0.859. The lowest BCUT2D eigenvalue weighted by molar-refractivity contribution is 0.393. The molecule has 8 aromatic rings. The minimum Gasteiger partial charge on any atom is -0.355 e. The van der Waals surface area contributed by atoms with E-state index in [0.29, 0.717) is 5.92 Å². The van der Waals surface area contributed by atoms with Gasteiger partial charge in [-0.3, -0.25) is 0 Å². The normalized spacial score (nSPS) is 16.3. The second kappa shape index (κ2) is 12.2. The van der Waals surface area contributed by atoms with Crippen LogP contribution in [0.2, 0.25) is 0 Å². The Bertz CT molecular complexity index is 2620. The van der Waals surface area contributed by atoms with Gasteiger partial charge in [0.2, 0.25) is 0 Å². The van der Waals surface area contributed by atoms with E-state index in [1.54, 1.807) is 0 Å². The van der Waals surface area contributed by atoms with E-state index in [2.05, 4.69) is 162 Å². The van der Waals surface area contributed by atoms with Gasteiger partial charge in [0.15, 0.2) is 0 Å². The van der Waals surface area contributed by atoms with Crippen LogP contribution in [0.1, 0.15) is 48.3 Å². The highest BCUT2D eigenvalue weighted by Crippen LogP contribution is 2.50. The van der Waals surface area contributed by atoms with Crippen LogP contribution in [0, 0.1) is 11.3 Å². The molecule has 0 aliphatic heterocycles. The number of para-hydroxylation sites is 3. The smallest absolute Gasteiger partial charge is 0.0541 e. The average molecular weight is 670 g/mol. The molecule has 3 nitrogen and oxygen atoms in total. The average Bonchev–Trinajstić information content (AvgIpc) is 3.72. The van der Waals surface area contributed by atoms with Gasteiger partial charge in [-0.1, -0.05) is 128 Å². The van der Waals surface area contributed by atoms with Crippen molar-refractivity contribution in [3.8, 4) is 27.9 Å². The molecule has 0 atom stereocenters. The third-order valence-corrected chi connectivity index (χ3v) is 11.7. The maximum Gasteiger partial charge on any atom is 0.0541 e. The third kappa shape index (κ3) is 4.84. The fourth-order valence-corrected chi connectivity index (χ4v) is 9.17. The number of rotatable bonds is 7. The van der Waals surface area contributed by atoms with Crippen LogP contribution in [0.5, 0.6) is 0 Å². The first kappa shape index (κ1) is 30.6. The largest absolute Gasteiger partial charge is 0.355 e. The Hall–Kier alpha value is -6.19. The highest BCUT2D eigenvalue weighted by Gasteiger charge is 2.29.